The number of carbonyl (C=O) groups excluding carboxylic acids is 3. The maximum Gasteiger partial charge on any atom is 0.254 e. The number of aryl methyl sites for hydroxylation is 1. The Balaban J connectivity index is 1.68. The van der Waals surface area contributed by atoms with Crippen molar-refractivity contribution in [3.05, 3.63) is 71.0 Å². The molecule has 8 heteroatoms. The van der Waals surface area contributed by atoms with Crippen molar-refractivity contribution < 1.29 is 23.5 Å². The van der Waals surface area contributed by atoms with Gasteiger partial charge in [-0.05, 0) is 55.9 Å². The summed E-state index contributed by atoms with van der Waals surface area (Å²) in [4.78, 5) is 40.5. The molecule has 182 valence electrons. The molecule has 3 rings (SSSR count). The largest absolute Gasteiger partial charge is 0.385 e. The number of ether oxygens (including phenoxy) is 1. The summed E-state index contributed by atoms with van der Waals surface area (Å²) in [7, 11) is 1.59. The molecule has 3 amide bonds. The second-order valence-electron chi connectivity index (χ2n) is 8.51. The number of hydrogen-bond donors (Lipinski definition) is 2. The number of piperidine rings is 1. The molecule has 0 bridgehead atoms. The smallest absolute Gasteiger partial charge is 0.254 e. The van der Waals surface area contributed by atoms with Gasteiger partial charge in [0.1, 0.15) is 11.9 Å². The number of halogens is 1. The minimum atomic E-state index is -0.828. The number of nitrogens with one attached hydrogen (secondary N) is 2. The predicted molar refractivity (Wildman–Crippen MR) is 127 cm³/mol. The second kappa shape index (κ2) is 12.3. The van der Waals surface area contributed by atoms with Crippen molar-refractivity contribution in [2.45, 2.75) is 32.2 Å². The van der Waals surface area contributed by atoms with Crippen LogP contribution >= 0.6 is 0 Å². The Hall–Kier alpha value is -3.26. The van der Waals surface area contributed by atoms with E-state index in [0.29, 0.717) is 51.1 Å². The lowest BCUT2D eigenvalue weighted by Crippen LogP contribution is -2.54. The van der Waals surface area contributed by atoms with Crippen LogP contribution in [0.5, 0.6) is 0 Å². The van der Waals surface area contributed by atoms with Gasteiger partial charge in [0, 0.05) is 38.9 Å². The Morgan fingerprint density at radius 1 is 1.06 bits per heavy atom. The molecule has 1 heterocycles. The molecule has 2 aromatic carbocycles. The molecule has 1 atom stereocenters. The first kappa shape index (κ1) is 25.4. The molecular formula is C26H32FN3O4. The van der Waals surface area contributed by atoms with Crippen LogP contribution in [0.2, 0.25) is 0 Å². The average Bonchev–Trinajstić information content (AvgIpc) is 2.85. The number of benzene rings is 2. The maximum absolute atomic E-state index is 14.1. The highest BCUT2D eigenvalue weighted by molar-refractivity contribution is 5.98. The highest BCUT2D eigenvalue weighted by Crippen LogP contribution is 2.24. The molecule has 1 aliphatic rings. The van der Waals surface area contributed by atoms with E-state index in [1.807, 2.05) is 31.2 Å². The highest BCUT2D eigenvalue weighted by Gasteiger charge is 2.34. The molecule has 2 aromatic rings. The van der Waals surface area contributed by atoms with Gasteiger partial charge < -0.3 is 20.3 Å². The number of amides is 3. The maximum atomic E-state index is 14.1. The van der Waals surface area contributed by atoms with Crippen LogP contribution in [0.1, 0.15) is 45.5 Å². The van der Waals surface area contributed by atoms with Gasteiger partial charge >= 0.3 is 0 Å². The first-order valence-electron chi connectivity index (χ1n) is 11.6. The molecule has 0 aromatic heterocycles. The van der Waals surface area contributed by atoms with Crippen molar-refractivity contribution >= 4 is 17.7 Å². The van der Waals surface area contributed by atoms with Gasteiger partial charge in [0.2, 0.25) is 5.91 Å². The molecule has 1 aliphatic heterocycles. The summed E-state index contributed by atoms with van der Waals surface area (Å²) in [5.41, 5.74) is 1.48. The van der Waals surface area contributed by atoms with Gasteiger partial charge in [-0.1, -0.05) is 30.3 Å². The molecular weight excluding hydrogens is 437 g/mol. The number of likely N-dealkylation sites (tertiary alicyclic amines) is 1. The van der Waals surface area contributed by atoms with Crippen LogP contribution in [0.15, 0.2) is 48.5 Å². The summed E-state index contributed by atoms with van der Waals surface area (Å²) in [6.07, 6.45) is 1.73. The van der Waals surface area contributed by atoms with E-state index in [1.54, 1.807) is 18.1 Å². The minimum Gasteiger partial charge on any atom is -0.385 e. The SMILES string of the molecule is COCCCNC(=O)C(NC(=O)c1ccccc1F)C1CCN(C(=O)c2ccccc2C)CC1. The third-order valence-electron chi connectivity index (χ3n) is 6.19. The van der Waals surface area contributed by atoms with Gasteiger partial charge in [-0.3, -0.25) is 14.4 Å². The zero-order chi connectivity index (χ0) is 24.5. The number of carbonyl (C=O) groups is 3. The summed E-state index contributed by atoms with van der Waals surface area (Å²) in [6.45, 7) is 3.76. The van der Waals surface area contributed by atoms with Crippen molar-refractivity contribution in [1.29, 1.82) is 0 Å². The first-order chi connectivity index (χ1) is 16.4. The molecule has 7 nitrogen and oxygen atoms in total. The van der Waals surface area contributed by atoms with E-state index >= 15 is 0 Å². The Morgan fingerprint density at radius 3 is 2.35 bits per heavy atom. The lowest BCUT2D eigenvalue weighted by atomic mass is 9.88. The minimum absolute atomic E-state index is 0.0347. The van der Waals surface area contributed by atoms with Crippen LogP contribution < -0.4 is 10.6 Å². The quantitative estimate of drug-likeness (QED) is 0.553. The van der Waals surface area contributed by atoms with E-state index in [-0.39, 0.29) is 23.3 Å². The van der Waals surface area contributed by atoms with Crippen molar-refractivity contribution in [1.82, 2.24) is 15.5 Å². The van der Waals surface area contributed by atoms with E-state index in [0.717, 1.165) is 5.56 Å². The van der Waals surface area contributed by atoms with E-state index in [2.05, 4.69) is 10.6 Å². The fourth-order valence-electron chi connectivity index (χ4n) is 4.22. The summed E-state index contributed by atoms with van der Waals surface area (Å²) in [5.74, 6) is -1.80. The van der Waals surface area contributed by atoms with Crippen molar-refractivity contribution in [3.63, 3.8) is 0 Å². The summed E-state index contributed by atoms with van der Waals surface area (Å²) in [6, 6.07) is 12.3. The fourth-order valence-corrected chi connectivity index (χ4v) is 4.22. The number of hydrogen-bond acceptors (Lipinski definition) is 4. The van der Waals surface area contributed by atoms with Crippen LogP contribution in [0.4, 0.5) is 4.39 Å². The van der Waals surface area contributed by atoms with Crippen LogP contribution in [-0.4, -0.2) is 62.0 Å². The summed E-state index contributed by atoms with van der Waals surface area (Å²) < 4.78 is 19.2. The molecule has 1 unspecified atom stereocenters. The number of methoxy groups -OCH3 is 1. The molecule has 1 fully saturated rings. The van der Waals surface area contributed by atoms with Gasteiger partial charge in [-0.2, -0.15) is 0 Å². The van der Waals surface area contributed by atoms with Gasteiger partial charge in [-0.25, -0.2) is 4.39 Å². The monoisotopic (exact) mass is 469 g/mol. The van der Waals surface area contributed by atoms with Crippen LogP contribution in [0.25, 0.3) is 0 Å². The first-order valence-corrected chi connectivity index (χ1v) is 11.6. The molecule has 0 aliphatic carbocycles. The third kappa shape index (κ3) is 6.41. The Bertz CT molecular complexity index is 1010. The molecule has 1 saturated heterocycles. The lowest BCUT2D eigenvalue weighted by molar-refractivity contribution is -0.124. The molecule has 0 radical (unpaired) electrons. The van der Waals surface area contributed by atoms with Gasteiger partial charge in [0.15, 0.2) is 0 Å². The molecule has 0 spiro atoms. The number of nitrogens with zero attached hydrogens (tertiary/aromatic N) is 1. The van der Waals surface area contributed by atoms with Gasteiger partial charge in [0.05, 0.1) is 5.56 Å². The Kier molecular flexibility index (Phi) is 9.16. The third-order valence-corrected chi connectivity index (χ3v) is 6.19. The van der Waals surface area contributed by atoms with Crippen LogP contribution in [0.3, 0.4) is 0 Å². The van der Waals surface area contributed by atoms with Crippen molar-refractivity contribution in [2.75, 3.05) is 33.4 Å². The van der Waals surface area contributed by atoms with E-state index < -0.39 is 17.8 Å². The van der Waals surface area contributed by atoms with Crippen molar-refractivity contribution in [3.8, 4) is 0 Å². The average molecular weight is 470 g/mol. The summed E-state index contributed by atoms with van der Waals surface area (Å²) >= 11 is 0. The Labute approximate surface area is 199 Å². The molecule has 0 saturated carbocycles. The second-order valence-corrected chi connectivity index (χ2v) is 8.51. The zero-order valence-corrected chi connectivity index (χ0v) is 19.7. The highest BCUT2D eigenvalue weighted by atomic mass is 19.1. The van der Waals surface area contributed by atoms with Crippen LogP contribution in [0, 0.1) is 18.7 Å². The van der Waals surface area contributed by atoms with E-state index in [1.165, 1.54) is 18.2 Å². The van der Waals surface area contributed by atoms with Gasteiger partial charge in [0.25, 0.3) is 11.8 Å². The fraction of sp³-hybridized carbons (Fsp3) is 0.423. The van der Waals surface area contributed by atoms with E-state index in [9.17, 15) is 18.8 Å². The topological polar surface area (TPSA) is 87.7 Å². The zero-order valence-electron chi connectivity index (χ0n) is 19.7. The lowest BCUT2D eigenvalue weighted by Gasteiger charge is -2.36. The predicted octanol–water partition coefficient (Wildman–Crippen LogP) is 2.94. The Morgan fingerprint density at radius 2 is 1.71 bits per heavy atom. The number of rotatable bonds is 9. The van der Waals surface area contributed by atoms with Crippen molar-refractivity contribution in [2.24, 2.45) is 5.92 Å². The molecule has 34 heavy (non-hydrogen) atoms. The standard InChI is InChI=1S/C26H32FN3O4/c1-18-8-3-4-9-20(18)26(33)30-15-12-19(13-16-30)23(25(32)28-14-7-17-34-2)29-24(31)21-10-5-6-11-22(21)27/h3-6,8-11,19,23H,7,12-17H2,1-2H3,(H,28,32)(H,29,31). The normalized spacial score (nSPS) is 15.0. The summed E-state index contributed by atoms with van der Waals surface area (Å²) in [5, 5.41) is 5.59. The van der Waals surface area contributed by atoms with E-state index in [4.69, 9.17) is 4.74 Å². The molecule has 2 N–H and O–H groups in total. The van der Waals surface area contributed by atoms with Gasteiger partial charge in [-0.15, -0.1) is 0 Å². The van der Waals surface area contributed by atoms with Crippen LogP contribution in [-0.2, 0) is 9.53 Å².